The van der Waals surface area contributed by atoms with E-state index in [2.05, 4.69) is 10.1 Å². The topological polar surface area (TPSA) is 147 Å². The molecule has 0 aliphatic carbocycles. The fourth-order valence-electron chi connectivity index (χ4n) is 1.58. The van der Waals surface area contributed by atoms with E-state index >= 15 is 0 Å². The highest BCUT2D eigenvalue weighted by Gasteiger charge is 2.22. The zero-order chi connectivity index (χ0) is 20.7. The minimum atomic E-state index is -3.29. The van der Waals surface area contributed by atoms with Crippen LogP contribution >= 0.6 is 11.3 Å². The molecule has 10 nitrogen and oxygen atoms in total. The van der Waals surface area contributed by atoms with Crippen LogP contribution in [-0.4, -0.2) is 61.4 Å². The fourth-order valence-corrected chi connectivity index (χ4v) is 2.75. The zero-order valence-electron chi connectivity index (χ0n) is 15.6. The minimum absolute atomic E-state index is 0.0624. The van der Waals surface area contributed by atoms with Crippen LogP contribution in [0.2, 0.25) is 0 Å². The largest absolute Gasteiger partial charge is 0.460 e. The minimum Gasteiger partial charge on any atom is -0.460 e. The Bertz CT molecular complexity index is 795. The lowest BCUT2D eigenvalue weighted by atomic mass is 10.2. The SMILES string of the molecule is CCS(=O)(=O)CCOC(=O)C(=NOCC(=O)OC(C)(C)C)c1csc(N)n1. The van der Waals surface area contributed by atoms with Crippen molar-refractivity contribution in [3.05, 3.63) is 11.1 Å². The summed E-state index contributed by atoms with van der Waals surface area (Å²) in [6.45, 7) is 5.70. The van der Waals surface area contributed by atoms with Crippen LogP contribution in [0, 0.1) is 0 Å². The molecule has 0 aliphatic rings. The van der Waals surface area contributed by atoms with Crippen LogP contribution in [0.5, 0.6) is 0 Å². The predicted molar refractivity (Wildman–Crippen MR) is 100 cm³/mol. The maximum absolute atomic E-state index is 12.2. The second-order valence-corrected chi connectivity index (χ2v) is 9.61. The number of nitrogen functional groups attached to an aromatic ring is 1. The van der Waals surface area contributed by atoms with Crippen molar-refractivity contribution < 1.29 is 32.3 Å². The molecule has 0 aliphatic heterocycles. The number of oxime groups is 1. The third kappa shape index (κ3) is 8.82. The number of sulfone groups is 1. The van der Waals surface area contributed by atoms with E-state index in [-0.39, 0.29) is 34.6 Å². The van der Waals surface area contributed by atoms with Crippen molar-refractivity contribution in [1.82, 2.24) is 4.98 Å². The normalized spacial score (nSPS) is 12.5. The molecule has 0 saturated heterocycles. The van der Waals surface area contributed by atoms with Gasteiger partial charge in [0.15, 0.2) is 15.0 Å². The molecule has 0 atom stereocenters. The Morgan fingerprint density at radius 2 is 2.00 bits per heavy atom. The van der Waals surface area contributed by atoms with Crippen molar-refractivity contribution in [2.75, 3.05) is 30.5 Å². The van der Waals surface area contributed by atoms with E-state index in [1.54, 1.807) is 20.8 Å². The average Bonchev–Trinajstić information content (AvgIpc) is 2.95. The van der Waals surface area contributed by atoms with E-state index < -0.39 is 34.0 Å². The summed E-state index contributed by atoms with van der Waals surface area (Å²) in [4.78, 5) is 32.6. The Morgan fingerprint density at radius 3 is 2.52 bits per heavy atom. The van der Waals surface area contributed by atoms with E-state index in [1.165, 1.54) is 12.3 Å². The molecule has 0 fully saturated rings. The van der Waals surface area contributed by atoms with Gasteiger partial charge < -0.3 is 20.0 Å². The van der Waals surface area contributed by atoms with Gasteiger partial charge in [-0.05, 0) is 20.8 Å². The quantitative estimate of drug-likeness (QED) is 0.347. The van der Waals surface area contributed by atoms with E-state index in [0.717, 1.165) is 11.3 Å². The van der Waals surface area contributed by atoms with E-state index in [9.17, 15) is 18.0 Å². The number of esters is 2. The molecule has 1 rings (SSSR count). The number of nitrogens with two attached hydrogens (primary N) is 1. The Balaban J connectivity index is 2.79. The molecule has 0 spiro atoms. The van der Waals surface area contributed by atoms with E-state index in [1.807, 2.05) is 0 Å². The van der Waals surface area contributed by atoms with Crippen LogP contribution < -0.4 is 5.73 Å². The molecule has 0 bridgehead atoms. The average molecular weight is 421 g/mol. The maximum Gasteiger partial charge on any atom is 0.362 e. The Hall–Kier alpha value is -2.21. The second-order valence-electron chi connectivity index (χ2n) is 6.24. The van der Waals surface area contributed by atoms with Gasteiger partial charge in [-0.2, -0.15) is 0 Å². The first kappa shape index (κ1) is 22.8. The number of thiazole rings is 1. The summed E-state index contributed by atoms with van der Waals surface area (Å²) in [6, 6.07) is 0. The molecule has 12 heteroatoms. The van der Waals surface area contributed by atoms with Gasteiger partial charge in [-0.25, -0.2) is 23.0 Å². The molecule has 0 saturated carbocycles. The summed E-state index contributed by atoms with van der Waals surface area (Å²) in [5, 5.41) is 5.23. The number of nitrogens with zero attached hydrogens (tertiary/aromatic N) is 2. The van der Waals surface area contributed by atoms with Gasteiger partial charge in [0.1, 0.15) is 17.9 Å². The molecule has 27 heavy (non-hydrogen) atoms. The Labute approximate surface area is 161 Å². The van der Waals surface area contributed by atoms with Crippen molar-refractivity contribution in [2.45, 2.75) is 33.3 Å². The van der Waals surface area contributed by atoms with Gasteiger partial charge in [-0.3, -0.25) is 0 Å². The third-order valence-electron chi connectivity index (χ3n) is 2.78. The summed E-state index contributed by atoms with van der Waals surface area (Å²) >= 11 is 1.06. The number of carbonyl (C=O) groups excluding carboxylic acids is 2. The second kappa shape index (κ2) is 9.65. The molecular formula is C15H23N3O7S2. The molecule has 0 radical (unpaired) electrons. The Kier molecular flexibility index (Phi) is 8.16. The first-order valence-electron chi connectivity index (χ1n) is 7.94. The summed E-state index contributed by atoms with van der Waals surface area (Å²) in [5.74, 6) is -2.00. The van der Waals surface area contributed by atoms with E-state index in [4.69, 9.17) is 20.0 Å². The standard InChI is InChI=1S/C15H23N3O7S2/c1-5-27(21,22)7-6-23-13(20)12(10-9-26-14(16)17-10)18-24-8-11(19)25-15(2,3)4/h9H,5-8H2,1-4H3,(H2,16,17). The Morgan fingerprint density at radius 1 is 1.33 bits per heavy atom. The van der Waals surface area contributed by atoms with Gasteiger partial charge in [0.05, 0.1) is 5.75 Å². The number of ether oxygens (including phenoxy) is 2. The number of anilines is 1. The maximum atomic E-state index is 12.2. The van der Waals surface area contributed by atoms with Gasteiger partial charge in [0, 0.05) is 11.1 Å². The first-order chi connectivity index (χ1) is 12.4. The van der Waals surface area contributed by atoms with Gasteiger partial charge in [0.25, 0.3) is 0 Å². The summed E-state index contributed by atoms with van der Waals surface area (Å²) in [7, 11) is -3.29. The van der Waals surface area contributed by atoms with Crippen LogP contribution in [0.4, 0.5) is 5.13 Å². The molecular weight excluding hydrogens is 398 g/mol. The van der Waals surface area contributed by atoms with Crippen LogP contribution in [0.15, 0.2) is 10.5 Å². The van der Waals surface area contributed by atoms with Crippen LogP contribution in [0.3, 0.4) is 0 Å². The lowest BCUT2D eigenvalue weighted by molar-refractivity contribution is -0.160. The predicted octanol–water partition coefficient (Wildman–Crippen LogP) is 0.766. The summed E-state index contributed by atoms with van der Waals surface area (Å²) in [5.41, 5.74) is 4.60. The smallest absolute Gasteiger partial charge is 0.362 e. The number of rotatable bonds is 9. The van der Waals surface area contributed by atoms with E-state index in [0.29, 0.717) is 0 Å². The van der Waals surface area contributed by atoms with Gasteiger partial charge in [-0.15, -0.1) is 11.3 Å². The van der Waals surface area contributed by atoms with Crippen molar-refractivity contribution in [2.24, 2.45) is 5.16 Å². The summed E-state index contributed by atoms with van der Waals surface area (Å²) < 4.78 is 32.9. The highest BCUT2D eigenvalue weighted by atomic mass is 32.2. The fraction of sp³-hybridized carbons (Fsp3) is 0.600. The first-order valence-corrected chi connectivity index (χ1v) is 10.6. The lowest BCUT2D eigenvalue weighted by Crippen LogP contribution is -2.27. The number of aromatic nitrogens is 1. The highest BCUT2D eigenvalue weighted by Crippen LogP contribution is 2.13. The third-order valence-corrected chi connectivity index (χ3v) is 5.13. The van der Waals surface area contributed by atoms with Crippen molar-refractivity contribution in [3.63, 3.8) is 0 Å². The van der Waals surface area contributed by atoms with Gasteiger partial charge >= 0.3 is 11.9 Å². The molecule has 0 amide bonds. The molecule has 1 heterocycles. The van der Waals surface area contributed by atoms with Crippen LogP contribution in [0.1, 0.15) is 33.4 Å². The van der Waals surface area contributed by atoms with Crippen LogP contribution in [0.25, 0.3) is 0 Å². The zero-order valence-corrected chi connectivity index (χ0v) is 17.2. The monoisotopic (exact) mass is 421 g/mol. The number of carbonyl (C=O) groups is 2. The van der Waals surface area contributed by atoms with Crippen molar-refractivity contribution in [3.8, 4) is 0 Å². The molecule has 0 unspecified atom stereocenters. The highest BCUT2D eigenvalue weighted by molar-refractivity contribution is 7.91. The van der Waals surface area contributed by atoms with Crippen molar-refractivity contribution in [1.29, 1.82) is 0 Å². The molecule has 2 N–H and O–H groups in total. The van der Waals surface area contributed by atoms with Crippen LogP contribution in [-0.2, 0) is 33.7 Å². The molecule has 1 aromatic heterocycles. The lowest BCUT2D eigenvalue weighted by Gasteiger charge is -2.18. The number of hydrogen-bond donors (Lipinski definition) is 1. The molecule has 152 valence electrons. The summed E-state index contributed by atoms with van der Waals surface area (Å²) in [6.07, 6.45) is 0. The molecule has 0 aromatic carbocycles. The van der Waals surface area contributed by atoms with Crippen molar-refractivity contribution >= 4 is 44.0 Å². The number of hydrogen-bond acceptors (Lipinski definition) is 11. The molecule has 1 aromatic rings. The van der Waals surface area contributed by atoms with Gasteiger partial charge in [-0.1, -0.05) is 12.1 Å². The van der Waals surface area contributed by atoms with Gasteiger partial charge in [0.2, 0.25) is 12.3 Å².